The molecule has 5 heteroatoms. The number of benzene rings is 1. The number of likely N-dealkylation sites (N-methyl/N-ethyl adjacent to an activating group) is 1. The maximum atomic E-state index is 11.5. The Labute approximate surface area is 94.0 Å². The molecule has 0 N–H and O–H groups in total. The van der Waals surface area contributed by atoms with Crippen LogP contribution in [0.15, 0.2) is 35.6 Å². The summed E-state index contributed by atoms with van der Waals surface area (Å²) < 4.78 is 4.63. The van der Waals surface area contributed by atoms with Gasteiger partial charge in [0.25, 0.3) is 0 Å². The average molecular weight is 222 g/mol. The Morgan fingerprint density at radius 1 is 1.44 bits per heavy atom. The molecule has 1 aromatic carbocycles. The Morgan fingerprint density at radius 2 is 2.06 bits per heavy atom. The summed E-state index contributed by atoms with van der Waals surface area (Å²) in [5.41, 5.74) is 0.952. The van der Waals surface area contributed by atoms with Gasteiger partial charge in [-0.2, -0.15) is 0 Å². The van der Waals surface area contributed by atoms with E-state index in [4.69, 9.17) is 0 Å². The van der Waals surface area contributed by atoms with E-state index in [0.717, 1.165) is 10.6 Å². The van der Waals surface area contributed by atoms with Crippen LogP contribution in [-0.4, -0.2) is 31.2 Å². The lowest BCUT2D eigenvalue weighted by atomic mass is 10.1. The summed E-state index contributed by atoms with van der Waals surface area (Å²) in [5.74, 6) is -0.467. The molecule has 0 heterocycles. The van der Waals surface area contributed by atoms with Crippen LogP contribution in [0.25, 0.3) is 0 Å². The maximum absolute atomic E-state index is 11.5. The van der Waals surface area contributed by atoms with Crippen molar-refractivity contribution in [2.24, 2.45) is 5.29 Å². The molecule has 0 amide bonds. The van der Waals surface area contributed by atoms with Crippen LogP contribution in [0.4, 0.5) is 0 Å². The smallest absolute Gasteiger partial charge is 0.330 e. The molecule has 0 radical (unpaired) electrons. The molecule has 0 aliphatic heterocycles. The first-order valence-electron chi connectivity index (χ1n) is 4.87. The summed E-state index contributed by atoms with van der Waals surface area (Å²) >= 11 is 0. The summed E-state index contributed by atoms with van der Waals surface area (Å²) in [6.07, 6.45) is 0.399. The van der Waals surface area contributed by atoms with Gasteiger partial charge in [-0.05, 0) is 5.56 Å². The van der Waals surface area contributed by atoms with Gasteiger partial charge in [-0.3, -0.25) is 0 Å². The number of nitrogens with zero attached hydrogens (tertiary/aromatic N) is 2. The molecule has 0 fully saturated rings. The van der Waals surface area contributed by atoms with Crippen molar-refractivity contribution in [2.75, 3.05) is 14.2 Å². The quantitative estimate of drug-likeness (QED) is 0.429. The Kier molecular flexibility index (Phi) is 4.44. The zero-order chi connectivity index (χ0) is 12.0. The molecule has 0 spiro atoms. The molecule has 0 unspecified atom stereocenters. The Balaban J connectivity index is 2.79. The van der Waals surface area contributed by atoms with E-state index in [2.05, 4.69) is 10.0 Å². The van der Waals surface area contributed by atoms with Crippen molar-refractivity contribution < 1.29 is 9.53 Å². The van der Waals surface area contributed by atoms with Crippen molar-refractivity contribution >= 4 is 5.97 Å². The van der Waals surface area contributed by atoms with E-state index in [1.807, 2.05) is 30.3 Å². The van der Waals surface area contributed by atoms with Gasteiger partial charge in [0, 0.05) is 13.5 Å². The summed E-state index contributed by atoms with van der Waals surface area (Å²) in [6, 6.07) is 8.72. The lowest BCUT2D eigenvalue weighted by Crippen LogP contribution is -2.37. The van der Waals surface area contributed by atoms with Gasteiger partial charge in [0.05, 0.1) is 12.4 Å². The molecule has 0 aliphatic rings. The van der Waals surface area contributed by atoms with Gasteiger partial charge in [0.1, 0.15) is 0 Å². The van der Waals surface area contributed by atoms with Crippen molar-refractivity contribution in [3.63, 3.8) is 0 Å². The maximum Gasteiger partial charge on any atom is 0.330 e. The fraction of sp³-hybridized carbons (Fsp3) is 0.364. The largest absolute Gasteiger partial charge is 0.467 e. The highest BCUT2D eigenvalue weighted by Crippen LogP contribution is 2.09. The average Bonchev–Trinajstić information content (AvgIpc) is 2.35. The van der Waals surface area contributed by atoms with E-state index < -0.39 is 12.0 Å². The van der Waals surface area contributed by atoms with Crippen LogP contribution in [0.5, 0.6) is 0 Å². The van der Waals surface area contributed by atoms with Gasteiger partial charge in [-0.1, -0.05) is 30.3 Å². The molecule has 16 heavy (non-hydrogen) atoms. The second kappa shape index (κ2) is 5.85. The Bertz CT molecular complexity index is 354. The number of rotatable bonds is 5. The van der Waals surface area contributed by atoms with E-state index in [-0.39, 0.29) is 0 Å². The molecular weight excluding hydrogens is 208 g/mol. The normalized spacial score (nSPS) is 11.6. The highest BCUT2D eigenvalue weighted by Gasteiger charge is 2.24. The number of methoxy groups -OCH3 is 1. The standard InChI is InChI=1S/C11H14N2O3/c1-13(12-15)10(11(14)16-2)8-9-6-4-3-5-7-9/h3-7,10H,8H2,1-2H3/t10-/m0/s1. The van der Waals surface area contributed by atoms with E-state index in [1.54, 1.807) is 0 Å². The van der Waals surface area contributed by atoms with Crippen molar-refractivity contribution in [3.8, 4) is 0 Å². The van der Waals surface area contributed by atoms with Crippen LogP contribution < -0.4 is 0 Å². The number of ether oxygens (including phenoxy) is 1. The topological polar surface area (TPSA) is 59.0 Å². The zero-order valence-corrected chi connectivity index (χ0v) is 9.29. The monoisotopic (exact) mass is 222 g/mol. The van der Waals surface area contributed by atoms with Crippen LogP contribution in [0.1, 0.15) is 5.56 Å². The number of hydrogen-bond acceptors (Lipinski definition) is 4. The third-order valence-corrected chi connectivity index (χ3v) is 2.32. The lowest BCUT2D eigenvalue weighted by molar-refractivity contribution is -0.146. The fourth-order valence-electron chi connectivity index (χ4n) is 1.40. The SMILES string of the molecule is COC(=O)[C@H](Cc1ccccc1)N(C)N=O. The van der Waals surface area contributed by atoms with Crippen LogP contribution in [0.3, 0.4) is 0 Å². The molecule has 1 atom stereocenters. The first-order chi connectivity index (χ1) is 7.69. The van der Waals surface area contributed by atoms with Crippen molar-refractivity contribution in [1.82, 2.24) is 5.01 Å². The van der Waals surface area contributed by atoms with Crippen LogP contribution in [0.2, 0.25) is 0 Å². The molecule has 86 valence electrons. The Morgan fingerprint density at radius 3 is 2.56 bits per heavy atom. The number of esters is 1. The minimum Gasteiger partial charge on any atom is -0.467 e. The molecule has 1 rings (SSSR count). The van der Waals surface area contributed by atoms with Gasteiger partial charge in [-0.15, -0.1) is 4.91 Å². The van der Waals surface area contributed by atoms with Gasteiger partial charge < -0.3 is 4.74 Å². The van der Waals surface area contributed by atoms with Crippen LogP contribution in [0, 0.1) is 4.91 Å². The number of nitroso groups, excluding NO2 is 1. The zero-order valence-electron chi connectivity index (χ0n) is 9.29. The van der Waals surface area contributed by atoms with Crippen molar-refractivity contribution in [2.45, 2.75) is 12.5 Å². The van der Waals surface area contributed by atoms with E-state index in [1.165, 1.54) is 14.2 Å². The first kappa shape index (κ1) is 12.2. The first-order valence-corrected chi connectivity index (χ1v) is 4.87. The van der Waals surface area contributed by atoms with Gasteiger partial charge in [-0.25, -0.2) is 9.80 Å². The lowest BCUT2D eigenvalue weighted by Gasteiger charge is -2.20. The Hall–Kier alpha value is -1.91. The predicted molar refractivity (Wildman–Crippen MR) is 59.5 cm³/mol. The third kappa shape index (κ3) is 3.05. The van der Waals surface area contributed by atoms with Crippen LogP contribution >= 0.6 is 0 Å². The molecular formula is C11H14N2O3. The van der Waals surface area contributed by atoms with Crippen molar-refractivity contribution in [3.05, 3.63) is 40.8 Å². The van der Waals surface area contributed by atoms with Gasteiger partial charge >= 0.3 is 5.97 Å². The highest BCUT2D eigenvalue weighted by molar-refractivity contribution is 5.76. The molecule has 0 bridgehead atoms. The molecule has 0 aromatic heterocycles. The van der Waals surface area contributed by atoms with Crippen molar-refractivity contribution in [1.29, 1.82) is 0 Å². The minimum absolute atomic E-state index is 0.399. The highest BCUT2D eigenvalue weighted by atomic mass is 16.5. The third-order valence-electron chi connectivity index (χ3n) is 2.32. The molecule has 5 nitrogen and oxygen atoms in total. The summed E-state index contributed by atoms with van der Waals surface area (Å²) in [6.45, 7) is 0. The number of carbonyl (C=O) groups excluding carboxylic acids is 1. The molecule has 1 aromatic rings. The summed E-state index contributed by atoms with van der Waals surface area (Å²) in [7, 11) is 2.75. The summed E-state index contributed by atoms with van der Waals surface area (Å²) in [4.78, 5) is 21.9. The molecule has 0 aliphatic carbocycles. The van der Waals surface area contributed by atoms with E-state index in [0.29, 0.717) is 6.42 Å². The predicted octanol–water partition coefficient (Wildman–Crippen LogP) is 1.38. The van der Waals surface area contributed by atoms with Gasteiger partial charge in [0.15, 0.2) is 6.04 Å². The summed E-state index contributed by atoms with van der Waals surface area (Å²) in [5, 5.41) is 3.80. The van der Waals surface area contributed by atoms with Crippen LogP contribution in [-0.2, 0) is 16.0 Å². The fourth-order valence-corrected chi connectivity index (χ4v) is 1.40. The van der Waals surface area contributed by atoms with E-state index >= 15 is 0 Å². The molecule has 0 saturated heterocycles. The second-order valence-electron chi connectivity index (χ2n) is 3.38. The second-order valence-corrected chi connectivity index (χ2v) is 3.38. The molecule has 0 saturated carbocycles. The minimum atomic E-state index is -0.676. The van der Waals surface area contributed by atoms with Gasteiger partial charge in [0.2, 0.25) is 0 Å². The number of hydrogen-bond donors (Lipinski definition) is 0. The number of carbonyl (C=O) groups is 1. The van der Waals surface area contributed by atoms with E-state index in [9.17, 15) is 9.70 Å².